The quantitative estimate of drug-likeness (QED) is 0.681. The predicted molar refractivity (Wildman–Crippen MR) is 83.6 cm³/mol. The van der Waals surface area contributed by atoms with Crippen molar-refractivity contribution < 1.29 is 18.5 Å². The summed E-state index contributed by atoms with van der Waals surface area (Å²) in [5, 5.41) is 13.4. The molecule has 0 atom stereocenters. The number of halogens is 2. The molecule has 24 heavy (non-hydrogen) atoms. The van der Waals surface area contributed by atoms with Gasteiger partial charge in [0, 0.05) is 11.8 Å². The summed E-state index contributed by atoms with van der Waals surface area (Å²) < 4.78 is 26.9. The monoisotopic (exact) mass is 332 g/mol. The third kappa shape index (κ3) is 2.73. The lowest BCUT2D eigenvalue weighted by Crippen LogP contribution is -2.46. The van der Waals surface area contributed by atoms with Crippen molar-refractivity contribution >= 4 is 17.3 Å². The first kappa shape index (κ1) is 16.0. The zero-order valence-corrected chi connectivity index (χ0v) is 12.6. The van der Waals surface area contributed by atoms with Gasteiger partial charge in [-0.25, -0.2) is 4.39 Å². The third-order valence-electron chi connectivity index (χ3n) is 4.42. The highest BCUT2D eigenvalue weighted by Crippen LogP contribution is 2.44. The highest BCUT2D eigenvalue weighted by Gasteiger charge is 2.45. The van der Waals surface area contributed by atoms with Gasteiger partial charge in [0.2, 0.25) is 11.7 Å². The first-order chi connectivity index (χ1) is 11.4. The van der Waals surface area contributed by atoms with Gasteiger partial charge in [-0.2, -0.15) is 4.39 Å². The Hall–Kier alpha value is -2.83. The summed E-state index contributed by atoms with van der Waals surface area (Å²) in [6, 6.07) is 9.03. The Morgan fingerprint density at radius 1 is 1.17 bits per heavy atom. The number of nitrogens with one attached hydrogen (secondary N) is 1. The van der Waals surface area contributed by atoms with Crippen LogP contribution in [0.4, 0.5) is 20.2 Å². The number of nitro benzene ring substituents is 1. The van der Waals surface area contributed by atoms with E-state index >= 15 is 0 Å². The number of nitrogens with zero attached hydrogens (tertiary/aromatic N) is 1. The molecule has 0 bridgehead atoms. The molecule has 2 aromatic rings. The number of carbonyl (C=O) groups is 1. The lowest BCUT2D eigenvalue weighted by molar-refractivity contribution is -0.387. The second kappa shape index (κ2) is 5.99. The molecule has 0 spiro atoms. The minimum absolute atomic E-state index is 0.135. The van der Waals surface area contributed by atoms with Gasteiger partial charge in [-0.1, -0.05) is 18.6 Å². The summed E-state index contributed by atoms with van der Waals surface area (Å²) in [5.41, 5.74) is -0.856. The zero-order valence-electron chi connectivity index (χ0n) is 12.6. The number of nitro groups is 1. The standard InChI is InChI=1S/C17H14F2N2O3/c18-12-4-1-3-11(9-12)17(7-2-8-17)16(22)20-13-5-6-14(19)15(10-13)21(23)24/h1,3-6,9-10H,2,7-8H2,(H,20,22). The van der Waals surface area contributed by atoms with Gasteiger partial charge in [0.1, 0.15) is 5.82 Å². The van der Waals surface area contributed by atoms with Gasteiger partial charge in [-0.05, 0) is 42.7 Å². The molecule has 0 saturated heterocycles. The second-order valence-corrected chi connectivity index (χ2v) is 5.82. The van der Waals surface area contributed by atoms with E-state index in [1.165, 1.54) is 18.2 Å². The molecule has 1 N–H and O–H groups in total. The van der Waals surface area contributed by atoms with Crippen LogP contribution in [0.25, 0.3) is 0 Å². The van der Waals surface area contributed by atoms with E-state index in [1.807, 2.05) is 0 Å². The molecule has 5 nitrogen and oxygen atoms in total. The molecule has 0 unspecified atom stereocenters. The predicted octanol–water partition coefficient (Wildman–Crippen LogP) is 3.93. The Bertz CT molecular complexity index is 819. The molecule has 1 aliphatic rings. The molecule has 1 amide bonds. The first-order valence-electron chi connectivity index (χ1n) is 7.44. The molecule has 2 aromatic carbocycles. The van der Waals surface area contributed by atoms with Gasteiger partial charge in [-0.15, -0.1) is 0 Å². The van der Waals surface area contributed by atoms with Crippen molar-refractivity contribution in [1.82, 2.24) is 0 Å². The van der Waals surface area contributed by atoms with E-state index in [2.05, 4.69) is 5.32 Å². The number of carbonyl (C=O) groups excluding carboxylic acids is 1. The van der Waals surface area contributed by atoms with Gasteiger partial charge in [0.05, 0.1) is 10.3 Å². The molecule has 3 rings (SSSR count). The molecule has 0 heterocycles. The summed E-state index contributed by atoms with van der Waals surface area (Å²) in [4.78, 5) is 22.6. The molecule has 0 aromatic heterocycles. The largest absolute Gasteiger partial charge is 0.325 e. The number of amides is 1. The maximum Gasteiger partial charge on any atom is 0.306 e. The maximum absolute atomic E-state index is 13.5. The highest BCUT2D eigenvalue weighted by atomic mass is 19.1. The molecule has 0 aliphatic heterocycles. The summed E-state index contributed by atoms with van der Waals surface area (Å²) in [5.74, 6) is -1.77. The van der Waals surface area contributed by atoms with Crippen molar-refractivity contribution in [2.75, 3.05) is 5.32 Å². The van der Waals surface area contributed by atoms with Crippen molar-refractivity contribution in [1.29, 1.82) is 0 Å². The average molecular weight is 332 g/mol. The van der Waals surface area contributed by atoms with E-state index in [-0.39, 0.29) is 11.6 Å². The number of anilines is 1. The van der Waals surface area contributed by atoms with Crippen LogP contribution in [0, 0.1) is 21.7 Å². The SMILES string of the molecule is O=C(Nc1ccc(F)c([N+](=O)[O-])c1)C1(c2cccc(F)c2)CCC1. The molecule has 1 saturated carbocycles. The van der Waals surface area contributed by atoms with Crippen molar-refractivity contribution in [3.63, 3.8) is 0 Å². The number of hydrogen-bond acceptors (Lipinski definition) is 3. The fourth-order valence-electron chi connectivity index (χ4n) is 2.94. The Morgan fingerprint density at radius 2 is 1.92 bits per heavy atom. The van der Waals surface area contributed by atoms with Crippen LogP contribution in [0.2, 0.25) is 0 Å². The van der Waals surface area contributed by atoms with Gasteiger partial charge >= 0.3 is 5.69 Å². The highest BCUT2D eigenvalue weighted by molar-refractivity contribution is 6.00. The fourth-order valence-corrected chi connectivity index (χ4v) is 2.94. The van der Waals surface area contributed by atoms with Gasteiger partial charge < -0.3 is 5.32 Å². The summed E-state index contributed by atoms with van der Waals surface area (Å²) >= 11 is 0. The van der Waals surface area contributed by atoms with Crippen LogP contribution in [0.3, 0.4) is 0 Å². The van der Waals surface area contributed by atoms with Crippen LogP contribution < -0.4 is 5.32 Å². The molecule has 124 valence electrons. The van der Waals surface area contributed by atoms with Crippen LogP contribution in [0.5, 0.6) is 0 Å². The minimum Gasteiger partial charge on any atom is -0.325 e. The van der Waals surface area contributed by atoms with Crippen LogP contribution in [-0.2, 0) is 10.2 Å². The lowest BCUT2D eigenvalue weighted by Gasteiger charge is -2.40. The minimum atomic E-state index is -0.971. The zero-order chi connectivity index (χ0) is 17.3. The maximum atomic E-state index is 13.5. The lowest BCUT2D eigenvalue weighted by atomic mass is 9.63. The Balaban J connectivity index is 1.88. The number of benzene rings is 2. The molecule has 7 heteroatoms. The average Bonchev–Trinajstić information content (AvgIpc) is 2.48. The van der Waals surface area contributed by atoms with Crippen LogP contribution in [0.1, 0.15) is 24.8 Å². The number of hydrogen-bond donors (Lipinski definition) is 1. The van der Waals surface area contributed by atoms with Gasteiger partial charge in [0.25, 0.3) is 0 Å². The molecule has 0 radical (unpaired) electrons. The molecular weight excluding hydrogens is 318 g/mol. The van der Waals surface area contributed by atoms with Crippen molar-refractivity contribution in [2.45, 2.75) is 24.7 Å². The molecular formula is C17H14F2N2O3. The van der Waals surface area contributed by atoms with Gasteiger partial charge in [-0.3, -0.25) is 14.9 Å². The second-order valence-electron chi connectivity index (χ2n) is 5.82. The van der Waals surface area contributed by atoms with E-state index in [4.69, 9.17) is 0 Å². The van der Waals surface area contributed by atoms with Gasteiger partial charge in [0.15, 0.2) is 0 Å². The van der Waals surface area contributed by atoms with E-state index in [0.717, 1.165) is 18.6 Å². The van der Waals surface area contributed by atoms with Crippen LogP contribution in [-0.4, -0.2) is 10.8 Å². The Kier molecular flexibility index (Phi) is 4.01. The van der Waals surface area contributed by atoms with E-state index < -0.39 is 27.7 Å². The molecule has 1 fully saturated rings. The summed E-state index contributed by atoms with van der Waals surface area (Å²) in [6.45, 7) is 0. The summed E-state index contributed by atoms with van der Waals surface area (Å²) in [7, 11) is 0. The fraction of sp³-hybridized carbons (Fsp3) is 0.235. The van der Waals surface area contributed by atoms with E-state index in [0.29, 0.717) is 18.4 Å². The Morgan fingerprint density at radius 3 is 2.50 bits per heavy atom. The summed E-state index contributed by atoms with van der Waals surface area (Å²) in [6.07, 6.45) is 1.95. The van der Waals surface area contributed by atoms with Crippen LogP contribution >= 0.6 is 0 Å². The van der Waals surface area contributed by atoms with E-state index in [9.17, 15) is 23.7 Å². The third-order valence-corrected chi connectivity index (χ3v) is 4.42. The Labute approximate surface area is 136 Å². The topological polar surface area (TPSA) is 72.2 Å². The first-order valence-corrected chi connectivity index (χ1v) is 7.44. The normalized spacial score (nSPS) is 15.4. The van der Waals surface area contributed by atoms with Crippen molar-refractivity contribution in [3.05, 3.63) is 69.8 Å². The van der Waals surface area contributed by atoms with Crippen molar-refractivity contribution in [2.24, 2.45) is 0 Å². The van der Waals surface area contributed by atoms with Crippen molar-refractivity contribution in [3.8, 4) is 0 Å². The molecule has 1 aliphatic carbocycles. The smallest absolute Gasteiger partial charge is 0.306 e. The van der Waals surface area contributed by atoms with E-state index in [1.54, 1.807) is 12.1 Å². The number of rotatable bonds is 4. The van der Waals surface area contributed by atoms with Crippen LogP contribution in [0.15, 0.2) is 42.5 Å².